The predicted octanol–water partition coefficient (Wildman–Crippen LogP) is 1.71. The van der Waals surface area contributed by atoms with Gasteiger partial charge < -0.3 is 24.0 Å². The highest BCUT2D eigenvalue weighted by atomic mass is 16.7. The molecule has 0 spiro atoms. The molecule has 24 heavy (non-hydrogen) atoms. The molecule has 6 heteroatoms. The van der Waals surface area contributed by atoms with Crippen molar-refractivity contribution in [3.8, 4) is 0 Å². The van der Waals surface area contributed by atoms with E-state index < -0.39 is 11.9 Å². The smallest absolute Gasteiger partial charge is 0.255 e. The van der Waals surface area contributed by atoms with Gasteiger partial charge in [-0.05, 0) is 38.7 Å². The molecule has 1 atom stereocenters. The molecular weight excluding hydrogens is 308 g/mol. The number of aromatic nitrogens is 1. The van der Waals surface area contributed by atoms with Crippen LogP contribution in [-0.4, -0.2) is 59.7 Å². The number of likely N-dealkylation sites (tertiary alicyclic amines) is 1. The van der Waals surface area contributed by atoms with E-state index in [1.807, 2.05) is 13.0 Å². The van der Waals surface area contributed by atoms with Gasteiger partial charge in [0.05, 0.1) is 12.1 Å². The van der Waals surface area contributed by atoms with Gasteiger partial charge in [-0.25, -0.2) is 0 Å². The van der Waals surface area contributed by atoms with E-state index in [9.17, 15) is 9.90 Å². The number of piperidine rings is 1. The number of amides is 1. The van der Waals surface area contributed by atoms with Gasteiger partial charge in [-0.15, -0.1) is 0 Å². The van der Waals surface area contributed by atoms with E-state index in [-0.39, 0.29) is 12.5 Å². The lowest BCUT2D eigenvalue weighted by Gasteiger charge is -2.43. The van der Waals surface area contributed by atoms with Gasteiger partial charge in [-0.3, -0.25) is 4.79 Å². The summed E-state index contributed by atoms with van der Waals surface area (Å²) in [5.41, 5.74) is 2.89. The lowest BCUT2D eigenvalue weighted by molar-refractivity contribution is -0.275. The summed E-state index contributed by atoms with van der Waals surface area (Å²) in [6, 6.07) is 1.97. The van der Waals surface area contributed by atoms with E-state index in [0.717, 1.165) is 29.4 Å². The zero-order chi connectivity index (χ0) is 17.5. The molecule has 134 valence electrons. The van der Waals surface area contributed by atoms with E-state index >= 15 is 0 Å². The topological polar surface area (TPSA) is 63.9 Å². The first-order valence-electron chi connectivity index (χ1n) is 8.66. The van der Waals surface area contributed by atoms with Crippen LogP contribution >= 0.6 is 0 Å². The number of rotatable bonds is 5. The van der Waals surface area contributed by atoms with Crippen LogP contribution in [0.15, 0.2) is 6.07 Å². The van der Waals surface area contributed by atoms with Gasteiger partial charge in [-0.2, -0.15) is 0 Å². The van der Waals surface area contributed by atoms with Crippen LogP contribution in [0.5, 0.6) is 0 Å². The number of nitrogens with zero attached hydrogens (tertiary/aromatic N) is 2. The number of carbonyl (C=O) groups is 1. The summed E-state index contributed by atoms with van der Waals surface area (Å²) >= 11 is 0. The number of carbonyl (C=O) groups excluding carboxylic acids is 1. The summed E-state index contributed by atoms with van der Waals surface area (Å²) in [6.45, 7) is 5.79. The van der Waals surface area contributed by atoms with Crippen LogP contribution in [0, 0.1) is 19.8 Å². The Hall–Kier alpha value is -1.37. The summed E-state index contributed by atoms with van der Waals surface area (Å²) in [5.74, 6) is -0.275. The molecule has 1 aliphatic carbocycles. The first-order valence-corrected chi connectivity index (χ1v) is 8.66. The van der Waals surface area contributed by atoms with Crippen LogP contribution in [0.4, 0.5) is 0 Å². The van der Waals surface area contributed by atoms with Gasteiger partial charge in [0.1, 0.15) is 6.10 Å². The van der Waals surface area contributed by atoms with Gasteiger partial charge in [0, 0.05) is 45.1 Å². The van der Waals surface area contributed by atoms with Crippen molar-refractivity contribution in [2.45, 2.75) is 51.5 Å². The van der Waals surface area contributed by atoms with E-state index in [2.05, 4.69) is 11.5 Å². The van der Waals surface area contributed by atoms with Crippen LogP contribution in [-0.2, 0) is 16.0 Å². The first kappa shape index (κ1) is 17.5. The molecule has 2 fully saturated rings. The molecule has 1 aromatic heterocycles. The fraction of sp³-hybridized carbons (Fsp3) is 0.722. The lowest BCUT2D eigenvalue weighted by Crippen LogP contribution is -2.58. The molecule has 1 saturated carbocycles. The average molecular weight is 336 g/mol. The summed E-state index contributed by atoms with van der Waals surface area (Å²) < 4.78 is 13.0. The van der Waals surface area contributed by atoms with E-state index in [0.29, 0.717) is 13.0 Å². The van der Waals surface area contributed by atoms with Crippen LogP contribution in [0.2, 0.25) is 0 Å². The van der Waals surface area contributed by atoms with Crippen LogP contribution < -0.4 is 0 Å². The van der Waals surface area contributed by atoms with Crippen molar-refractivity contribution in [1.82, 2.24) is 9.47 Å². The molecule has 6 nitrogen and oxygen atoms in total. The Bertz CT molecular complexity index is 617. The molecule has 2 heterocycles. The maximum atomic E-state index is 12.9. The Balaban J connectivity index is 1.75. The second kappa shape index (κ2) is 6.50. The molecule has 0 aromatic carbocycles. The second-order valence-electron chi connectivity index (χ2n) is 7.08. The fourth-order valence-corrected chi connectivity index (χ4v) is 3.67. The summed E-state index contributed by atoms with van der Waals surface area (Å²) in [5, 5.41) is 10.4. The van der Waals surface area contributed by atoms with Crippen molar-refractivity contribution in [1.29, 1.82) is 0 Å². The molecule has 0 radical (unpaired) electrons. The normalized spacial score (nSPS) is 23.5. The van der Waals surface area contributed by atoms with Crippen molar-refractivity contribution >= 4 is 5.91 Å². The van der Waals surface area contributed by atoms with Crippen molar-refractivity contribution in [3.63, 3.8) is 0 Å². The van der Waals surface area contributed by atoms with Crippen molar-refractivity contribution in [2.75, 3.05) is 27.3 Å². The number of β-amino-alcohol motifs (C(OH)–C–C–N with tert-alkyl or cyclic N) is 1. The lowest BCUT2D eigenvalue weighted by atomic mass is 9.99. The Morgan fingerprint density at radius 1 is 1.33 bits per heavy atom. The number of methoxy groups -OCH3 is 2. The van der Waals surface area contributed by atoms with Crippen molar-refractivity contribution in [3.05, 3.63) is 23.0 Å². The van der Waals surface area contributed by atoms with Gasteiger partial charge in [0.2, 0.25) is 0 Å². The Morgan fingerprint density at radius 2 is 2.00 bits per heavy atom. The summed E-state index contributed by atoms with van der Waals surface area (Å²) in [6.07, 6.45) is 2.16. The molecule has 1 aromatic rings. The monoisotopic (exact) mass is 336 g/mol. The largest absolute Gasteiger partial charge is 0.386 e. The molecule has 1 unspecified atom stereocenters. The zero-order valence-corrected chi connectivity index (χ0v) is 15.0. The average Bonchev–Trinajstić information content (AvgIpc) is 3.36. The number of hydrogen-bond acceptors (Lipinski definition) is 4. The maximum Gasteiger partial charge on any atom is 0.255 e. The van der Waals surface area contributed by atoms with Crippen LogP contribution in [0.3, 0.4) is 0 Å². The van der Waals surface area contributed by atoms with Gasteiger partial charge in [0.25, 0.3) is 5.91 Å². The zero-order valence-electron chi connectivity index (χ0n) is 15.0. The molecule has 1 saturated heterocycles. The third kappa shape index (κ3) is 2.98. The number of aryl methyl sites for hydroxylation is 1. The summed E-state index contributed by atoms with van der Waals surface area (Å²) in [7, 11) is 3.05. The maximum absolute atomic E-state index is 12.9. The van der Waals surface area contributed by atoms with E-state index in [1.165, 1.54) is 27.1 Å². The number of ether oxygens (including phenoxy) is 2. The number of hydrogen-bond donors (Lipinski definition) is 1. The molecular formula is C18H28N2O4. The molecule has 2 aliphatic rings. The Morgan fingerprint density at radius 3 is 2.54 bits per heavy atom. The highest BCUT2D eigenvalue weighted by molar-refractivity contribution is 5.95. The molecule has 1 amide bonds. The van der Waals surface area contributed by atoms with Crippen LogP contribution in [0.1, 0.15) is 41.0 Å². The molecule has 0 bridgehead atoms. The van der Waals surface area contributed by atoms with E-state index in [4.69, 9.17) is 9.47 Å². The molecule has 1 aliphatic heterocycles. The van der Waals surface area contributed by atoms with Crippen molar-refractivity contribution in [2.24, 2.45) is 5.92 Å². The van der Waals surface area contributed by atoms with Gasteiger partial charge in [0.15, 0.2) is 5.79 Å². The number of aliphatic hydroxyl groups excluding tert-OH is 1. The highest BCUT2D eigenvalue weighted by Gasteiger charge is 2.44. The third-order valence-corrected chi connectivity index (χ3v) is 5.55. The second-order valence-corrected chi connectivity index (χ2v) is 7.08. The standard InChI is InChI=1S/C18H28N2O4/c1-12-9-15(13(2)20(12)10-14-5-6-14)17(22)19-8-7-18(23-3,24-4)16(21)11-19/h9,14,16,21H,5-8,10-11H2,1-4H3. The highest BCUT2D eigenvalue weighted by Crippen LogP contribution is 2.33. The third-order valence-electron chi connectivity index (χ3n) is 5.55. The SMILES string of the molecule is COC1(OC)CCN(C(=O)c2cc(C)n(CC3CC3)c2C)CC1O. The predicted molar refractivity (Wildman–Crippen MR) is 89.9 cm³/mol. The van der Waals surface area contributed by atoms with Crippen molar-refractivity contribution < 1.29 is 19.4 Å². The minimum absolute atomic E-state index is 0.0231. The van der Waals surface area contributed by atoms with Gasteiger partial charge >= 0.3 is 0 Å². The molecule has 3 rings (SSSR count). The molecule has 1 N–H and O–H groups in total. The van der Waals surface area contributed by atoms with Crippen LogP contribution in [0.25, 0.3) is 0 Å². The number of aliphatic hydroxyl groups is 1. The summed E-state index contributed by atoms with van der Waals surface area (Å²) in [4.78, 5) is 14.6. The Kier molecular flexibility index (Phi) is 4.73. The first-order chi connectivity index (χ1) is 11.4. The van der Waals surface area contributed by atoms with Gasteiger partial charge in [-0.1, -0.05) is 0 Å². The van der Waals surface area contributed by atoms with E-state index in [1.54, 1.807) is 4.90 Å². The minimum atomic E-state index is -1.01. The Labute approximate surface area is 143 Å². The minimum Gasteiger partial charge on any atom is -0.386 e. The fourth-order valence-electron chi connectivity index (χ4n) is 3.67. The quantitative estimate of drug-likeness (QED) is 0.832.